The van der Waals surface area contributed by atoms with E-state index in [1.807, 2.05) is 42.5 Å². The standard InChI is InChI=1S/C27H23NO4/c29-22-12-13-23(30)27(22)14-16-6-4-5-9-18(16)19-10-11-20-24(21(19)15-27)26(32)28(25(20)31)17-7-2-1-3-8-17/h1-10,20-21,24H,11-15H2/t20-,21+,24-/m1/s1. The number of allylic oxidation sites excluding steroid dienone is 2. The van der Waals surface area contributed by atoms with E-state index in [4.69, 9.17) is 0 Å². The molecule has 0 aromatic heterocycles. The van der Waals surface area contributed by atoms with Gasteiger partial charge in [0.25, 0.3) is 0 Å². The molecule has 0 bridgehead atoms. The van der Waals surface area contributed by atoms with Crippen molar-refractivity contribution in [3.63, 3.8) is 0 Å². The molecule has 4 aliphatic rings. The largest absolute Gasteiger partial charge is 0.299 e. The highest BCUT2D eigenvalue weighted by atomic mass is 16.2. The van der Waals surface area contributed by atoms with Crippen LogP contribution in [-0.4, -0.2) is 23.4 Å². The van der Waals surface area contributed by atoms with Gasteiger partial charge in [-0.25, -0.2) is 0 Å². The maximum absolute atomic E-state index is 13.7. The molecule has 5 nitrogen and oxygen atoms in total. The van der Waals surface area contributed by atoms with Gasteiger partial charge in [-0.3, -0.25) is 24.1 Å². The van der Waals surface area contributed by atoms with Crippen LogP contribution in [0.1, 0.15) is 36.8 Å². The summed E-state index contributed by atoms with van der Waals surface area (Å²) in [5, 5.41) is 0. The number of ketones is 2. The quantitative estimate of drug-likeness (QED) is 0.515. The summed E-state index contributed by atoms with van der Waals surface area (Å²) in [5.41, 5.74) is 2.51. The van der Waals surface area contributed by atoms with E-state index in [0.29, 0.717) is 24.9 Å². The smallest absolute Gasteiger partial charge is 0.238 e. The van der Waals surface area contributed by atoms with Gasteiger partial charge in [0.15, 0.2) is 0 Å². The zero-order chi connectivity index (χ0) is 22.0. The lowest BCUT2D eigenvalue weighted by Crippen LogP contribution is -2.40. The van der Waals surface area contributed by atoms with E-state index in [1.54, 1.807) is 12.1 Å². The van der Waals surface area contributed by atoms with Crippen molar-refractivity contribution < 1.29 is 19.2 Å². The first-order chi connectivity index (χ1) is 15.5. The van der Waals surface area contributed by atoms with Crippen LogP contribution in [0.4, 0.5) is 5.69 Å². The number of amides is 2. The molecule has 2 fully saturated rings. The van der Waals surface area contributed by atoms with E-state index in [-0.39, 0.29) is 42.1 Å². The van der Waals surface area contributed by atoms with Crippen LogP contribution in [0, 0.1) is 23.2 Å². The lowest BCUT2D eigenvalue weighted by molar-refractivity contribution is -0.137. The molecular formula is C27H23NO4. The van der Waals surface area contributed by atoms with Crippen LogP contribution in [-0.2, 0) is 25.6 Å². The minimum absolute atomic E-state index is 0.0163. The van der Waals surface area contributed by atoms with Gasteiger partial charge in [0, 0.05) is 12.8 Å². The summed E-state index contributed by atoms with van der Waals surface area (Å²) in [6, 6.07) is 16.9. The molecule has 1 saturated heterocycles. The highest BCUT2D eigenvalue weighted by Crippen LogP contribution is 2.55. The van der Waals surface area contributed by atoms with Crippen LogP contribution < -0.4 is 4.90 Å². The number of rotatable bonds is 1. The third kappa shape index (κ3) is 2.51. The fourth-order valence-electron chi connectivity index (χ4n) is 6.44. The Balaban J connectivity index is 1.50. The zero-order valence-electron chi connectivity index (χ0n) is 17.6. The number of carbonyl (C=O) groups excluding carboxylic acids is 4. The Morgan fingerprint density at radius 3 is 2.22 bits per heavy atom. The SMILES string of the molecule is O=C1[C@@H]2[C@@H](CC=C3c4ccccc4CC4(C[C@@H]32)C(=O)CCC4=O)C(=O)N1c1ccccc1. The maximum Gasteiger partial charge on any atom is 0.238 e. The van der Waals surface area contributed by atoms with Crippen molar-refractivity contribution in [2.45, 2.75) is 32.1 Å². The third-order valence-electron chi connectivity index (χ3n) is 7.95. The molecule has 1 saturated carbocycles. The highest BCUT2D eigenvalue weighted by Gasteiger charge is 2.59. The molecule has 1 spiro atoms. The number of carbonyl (C=O) groups is 4. The minimum Gasteiger partial charge on any atom is -0.299 e. The van der Waals surface area contributed by atoms with Gasteiger partial charge in [0.05, 0.1) is 22.9 Å². The summed E-state index contributed by atoms with van der Waals surface area (Å²) < 4.78 is 0. The average Bonchev–Trinajstić information content (AvgIpc) is 3.15. The second-order valence-electron chi connectivity index (χ2n) is 9.45. The lowest BCUT2D eigenvalue weighted by Gasteiger charge is -2.35. The molecule has 5 heteroatoms. The number of Topliss-reactive ketones (excluding diaryl/α,β-unsaturated/α-hetero) is 2. The Bertz CT molecular complexity index is 1200. The van der Waals surface area contributed by atoms with Gasteiger partial charge in [-0.05, 0) is 54.0 Å². The van der Waals surface area contributed by atoms with Crippen LogP contribution in [0.2, 0.25) is 0 Å². The summed E-state index contributed by atoms with van der Waals surface area (Å²) >= 11 is 0. The molecule has 1 aliphatic heterocycles. The lowest BCUT2D eigenvalue weighted by atomic mass is 9.65. The van der Waals surface area contributed by atoms with Crippen molar-refractivity contribution in [2.75, 3.05) is 4.90 Å². The second-order valence-corrected chi connectivity index (χ2v) is 9.45. The number of nitrogens with zero attached hydrogens (tertiary/aromatic N) is 1. The number of benzene rings is 2. The predicted octanol–water partition coefficient (Wildman–Crippen LogP) is 3.76. The summed E-state index contributed by atoms with van der Waals surface area (Å²) in [6.07, 6.45) is 3.80. The molecule has 0 radical (unpaired) electrons. The number of imide groups is 1. The summed E-state index contributed by atoms with van der Waals surface area (Å²) in [7, 11) is 0. The van der Waals surface area contributed by atoms with E-state index in [1.165, 1.54) is 4.90 Å². The first-order valence-corrected chi connectivity index (χ1v) is 11.3. The van der Waals surface area contributed by atoms with E-state index in [0.717, 1.165) is 16.7 Å². The minimum atomic E-state index is -1.08. The van der Waals surface area contributed by atoms with Crippen LogP contribution in [0.5, 0.6) is 0 Å². The maximum atomic E-state index is 13.7. The zero-order valence-corrected chi connectivity index (χ0v) is 17.6. The van der Waals surface area contributed by atoms with Gasteiger partial charge in [-0.15, -0.1) is 0 Å². The predicted molar refractivity (Wildman–Crippen MR) is 118 cm³/mol. The Kier molecular flexibility index (Phi) is 4.13. The van der Waals surface area contributed by atoms with E-state index in [9.17, 15) is 19.2 Å². The molecule has 160 valence electrons. The molecule has 6 rings (SSSR count). The Hall–Kier alpha value is -3.34. The Morgan fingerprint density at radius 2 is 1.47 bits per heavy atom. The number of hydrogen-bond acceptors (Lipinski definition) is 4. The van der Waals surface area contributed by atoms with Crippen LogP contribution in [0.3, 0.4) is 0 Å². The fraction of sp³-hybridized carbons (Fsp3) is 0.333. The van der Waals surface area contributed by atoms with Crippen LogP contribution >= 0.6 is 0 Å². The molecular weight excluding hydrogens is 402 g/mol. The summed E-state index contributed by atoms with van der Waals surface area (Å²) in [5.74, 6) is -1.76. The van der Waals surface area contributed by atoms with Crippen molar-refractivity contribution in [2.24, 2.45) is 23.2 Å². The third-order valence-corrected chi connectivity index (χ3v) is 7.95. The molecule has 2 aromatic carbocycles. The van der Waals surface area contributed by atoms with Crippen molar-refractivity contribution in [3.05, 3.63) is 71.8 Å². The topological polar surface area (TPSA) is 71.5 Å². The van der Waals surface area contributed by atoms with E-state index >= 15 is 0 Å². The van der Waals surface area contributed by atoms with Crippen molar-refractivity contribution in [1.29, 1.82) is 0 Å². The molecule has 1 heterocycles. The Morgan fingerprint density at radius 1 is 0.781 bits per heavy atom. The molecule has 3 aliphatic carbocycles. The molecule has 2 aromatic rings. The molecule has 2 amide bonds. The van der Waals surface area contributed by atoms with Gasteiger partial charge in [-0.2, -0.15) is 0 Å². The van der Waals surface area contributed by atoms with Crippen LogP contribution in [0.25, 0.3) is 5.57 Å². The van der Waals surface area contributed by atoms with Crippen molar-refractivity contribution >= 4 is 34.6 Å². The first-order valence-electron chi connectivity index (χ1n) is 11.3. The van der Waals surface area contributed by atoms with Crippen LogP contribution in [0.15, 0.2) is 60.7 Å². The molecule has 0 N–H and O–H groups in total. The number of fused-ring (bicyclic) bond motifs is 5. The summed E-state index contributed by atoms with van der Waals surface area (Å²) in [6.45, 7) is 0. The normalized spacial score (nSPS) is 28.3. The monoisotopic (exact) mass is 425 g/mol. The van der Waals surface area contributed by atoms with E-state index in [2.05, 4.69) is 6.08 Å². The molecule has 0 unspecified atom stereocenters. The van der Waals surface area contributed by atoms with Crippen molar-refractivity contribution in [1.82, 2.24) is 0 Å². The number of para-hydroxylation sites is 1. The van der Waals surface area contributed by atoms with Gasteiger partial charge in [-0.1, -0.05) is 48.5 Å². The molecule has 3 atom stereocenters. The fourth-order valence-corrected chi connectivity index (χ4v) is 6.44. The van der Waals surface area contributed by atoms with E-state index < -0.39 is 17.3 Å². The first kappa shape index (κ1) is 19.4. The van der Waals surface area contributed by atoms with Gasteiger partial charge < -0.3 is 0 Å². The average molecular weight is 425 g/mol. The number of hydrogen-bond donors (Lipinski definition) is 0. The number of anilines is 1. The van der Waals surface area contributed by atoms with Crippen molar-refractivity contribution in [3.8, 4) is 0 Å². The Labute approximate surface area is 186 Å². The highest BCUT2D eigenvalue weighted by molar-refractivity contribution is 6.23. The second kappa shape index (κ2) is 6.83. The van der Waals surface area contributed by atoms with Gasteiger partial charge in [0.1, 0.15) is 11.6 Å². The summed E-state index contributed by atoms with van der Waals surface area (Å²) in [4.78, 5) is 54.6. The molecule has 32 heavy (non-hydrogen) atoms. The van der Waals surface area contributed by atoms with Gasteiger partial charge >= 0.3 is 0 Å². The van der Waals surface area contributed by atoms with Gasteiger partial charge in [0.2, 0.25) is 11.8 Å².